The molecule has 0 atom stereocenters. The average Bonchev–Trinajstić information content (AvgIpc) is 2.30. The van der Waals surface area contributed by atoms with Gasteiger partial charge < -0.3 is 15.8 Å². The molecule has 0 saturated heterocycles. The van der Waals surface area contributed by atoms with E-state index in [9.17, 15) is 4.79 Å². The molecular weight excluding hydrogens is 228 g/mol. The van der Waals surface area contributed by atoms with Gasteiger partial charge in [-0.25, -0.2) is 0 Å². The Morgan fingerprint density at radius 2 is 2.11 bits per heavy atom. The molecule has 0 unspecified atom stereocenters. The first-order chi connectivity index (χ1) is 8.59. The van der Waals surface area contributed by atoms with Gasteiger partial charge in [-0.3, -0.25) is 4.79 Å². The molecule has 0 radical (unpaired) electrons. The van der Waals surface area contributed by atoms with Gasteiger partial charge >= 0.3 is 0 Å². The van der Waals surface area contributed by atoms with Crippen molar-refractivity contribution in [3.05, 3.63) is 24.3 Å². The van der Waals surface area contributed by atoms with Crippen LogP contribution in [-0.4, -0.2) is 19.1 Å². The molecule has 0 aliphatic heterocycles. The lowest BCUT2D eigenvalue weighted by atomic mass is 10.1. The van der Waals surface area contributed by atoms with Gasteiger partial charge in [0.15, 0.2) is 0 Å². The Bertz CT molecular complexity index is 378. The lowest BCUT2D eigenvalue weighted by molar-refractivity contribution is -0.118. The van der Waals surface area contributed by atoms with Crippen LogP contribution in [0.4, 0.5) is 5.69 Å². The minimum atomic E-state index is -0.347. The summed E-state index contributed by atoms with van der Waals surface area (Å²) >= 11 is 0. The Hall–Kier alpha value is -1.71. The lowest BCUT2D eigenvalue weighted by Crippen LogP contribution is -2.15. The molecule has 4 nitrogen and oxygen atoms in total. The zero-order chi connectivity index (χ0) is 13.4. The van der Waals surface area contributed by atoms with E-state index < -0.39 is 0 Å². The van der Waals surface area contributed by atoms with Crippen LogP contribution >= 0.6 is 0 Å². The minimum Gasteiger partial charge on any atom is -0.491 e. The molecule has 1 aromatic carbocycles. The zero-order valence-electron chi connectivity index (χ0n) is 11.1. The quantitative estimate of drug-likeness (QED) is 0.744. The van der Waals surface area contributed by atoms with E-state index >= 15 is 0 Å². The number of hydrogen-bond acceptors (Lipinski definition) is 3. The molecule has 0 spiro atoms. The summed E-state index contributed by atoms with van der Waals surface area (Å²) in [5, 5.41) is 3.34. The van der Waals surface area contributed by atoms with Crippen LogP contribution in [0.1, 0.15) is 26.7 Å². The molecule has 18 heavy (non-hydrogen) atoms. The SMILES string of the molecule is CC(C)CCNc1ccccc1OCCC(N)=O. The maximum absolute atomic E-state index is 10.6. The van der Waals surface area contributed by atoms with Crippen LogP contribution in [-0.2, 0) is 4.79 Å². The van der Waals surface area contributed by atoms with Crippen LogP contribution < -0.4 is 15.8 Å². The maximum atomic E-state index is 10.6. The molecular formula is C14H22N2O2. The summed E-state index contributed by atoms with van der Waals surface area (Å²) in [5.74, 6) is 1.09. The summed E-state index contributed by atoms with van der Waals surface area (Å²) in [6, 6.07) is 7.73. The fourth-order valence-corrected chi connectivity index (χ4v) is 1.50. The summed E-state index contributed by atoms with van der Waals surface area (Å²) in [7, 11) is 0. The van der Waals surface area contributed by atoms with Crippen molar-refractivity contribution in [3.8, 4) is 5.75 Å². The van der Waals surface area contributed by atoms with E-state index in [1.807, 2.05) is 24.3 Å². The van der Waals surface area contributed by atoms with E-state index in [4.69, 9.17) is 10.5 Å². The van der Waals surface area contributed by atoms with Gasteiger partial charge in [-0.05, 0) is 24.5 Å². The van der Waals surface area contributed by atoms with E-state index in [1.54, 1.807) is 0 Å². The highest BCUT2D eigenvalue weighted by molar-refractivity contribution is 5.73. The van der Waals surface area contributed by atoms with Crippen molar-refractivity contribution in [1.82, 2.24) is 0 Å². The molecule has 100 valence electrons. The highest BCUT2D eigenvalue weighted by Crippen LogP contribution is 2.23. The van der Waals surface area contributed by atoms with E-state index in [0.717, 1.165) is 24.4 Å². The van der Waals surface area contributed by atoms with Crippen LogP contribution in [0.15, 0.2) is 24.3 Å². The first-order valence-corrected chi connectivity index (χ1v) is 6.33. The number of nitrogens with two attached hydrogens (primary N) is 1. The van der Waals surface area contributed by atoms with Crippen LogP contribution in [0.3, 0.4) is 0 Å². The van der Waals surface area contributed by atoms with Gasteiger partial charge in [0.25, 0.3) is 0 Å². The number of hydrogen-bond donors (Lipinski definition) is 2. The van der Waals surface area contributed by atoms with Crippen LogP contribution in [0.2, 0.25) is 0 Å². The Kier molecular flexibility index (Phi) is 6.05. The Morgan fingerprint density at radius 1 is 1.39 bits per heavy atom. The van der Waals surface area contributed by atoms with Gasteiger partial charge in [-0.1, -0.05) is 26.0 Å². The highest BCUT2D eigenvalue weighted by atomic mass is 16.5. The fourth-order valence-electron chi connectivity index (χ4n) is 1.50. The minimum absolute atomic E-state index is 0.236. The van der Waals surface area contributed by atoms with Gasteiger partial charge in [0, 0.05) is 6.54 Å². The normalized spacial score (nSPS) is 10.4. The highest BCUT2D eigenvalue weighted by Gasteiger charge is 2.03. The van der Waals surface area contributed by atoms with Crippen molar-refractivity contribution in [2.45, 2.75) is 26.7 Å². The predicted octanol–water partition coefficient (Wildman–Crippen LogP) is 2.40. The molecule has 4 heteroatoms. The largest absolute Gasteiger partial charge is 0.491 e. The first-order valence-electron chi connectivity index (χ1n) is 6.33. The van der Waals surface area contributed by atoms with Crippen molar-refractivity contribution < 1.29 is 9.53 Å². The third-order valence-electron chi connectivity index (χ3n) is 2.53. The van der Waals surface area contributed by atoms with Crippen LogP contribution in [0.5, 0.6) is 5.75 Å². The summed E-state index contributed by atoms with van der Waals surface area (Å²) in [6.45, 7) is 5.61. The summed E-state index contributed by atoms with van der Waals surface area (Å²) in [4.78, 5) is 10.6. The number of rotatable bonds is 8. The lowest BCUT2D eigenvalue weighted by Gasteiger charge is -2.13. The number of carbonyl (C=O) groups is 1. The van der Waals surface area contributed by atoms with Gasteiger partial charge in [-0.15, -0.1) is 0 Å². The van der Waals surface area contributed by atoms with Gasteiger partial charge in [0.05, 0.1) is 18.7 Å². The molecule has 1 rings (SSSR count). The monoisotopic (exact) mass is 250 g/mol. The zero-order valence-corrected chi connectivity index (χ0v) is 11.1. The Morgan fingerprint density at radius 3 is 2.78 bits per heavy atom. The van der Waals surface area contributed by atoms with Crippen molar-refractivity contribution >= 4 is 11.6 Å². The molecule has 0 aromatic heterocycles. The smallest absolute Gasteiger partial charge is 0.220 e. The fraction of sp³-hybridized carbons (Fsp3) is 0.500. The van der Waals surface area contributed by atoms with Crippen LogP contribution in [0, 0.1) is 5.92 Å². The Labute approximate surface area is 109 Å². The van der Waals surface area contributed by atoms with E-state index in [-0.39, 0.29) is 12.3 Å². The second-order valence-corrected chi connectivity index (χ2v) is 4.67. The summed E-state index contributed by atoms with van der Waals surface area (Å²) in [6.07, 6.45) is 1.34. The van der Waals surface area contributed by atoms with E-state index in [2.05, 4.69) is 19.2 Å². The summed E-state index contributed by atoms with van der Waals surface area (Å²) < 4.78 is 5.54. The molecule has 3 N–H and O–H groups in total. The van der Waals surface area contributed by atoms with E-state index in [1.165, 1.54) is 0 Å². The molecule has 1 amide bonds. The molecule has 1 aromatic rings. The molecule has 0 bridgehead atoms. The predicted molar refractivity (Wildman–Crippen MR) is 73.7 cm³/mol. The summed E-state index contributed by atoms with van der Waals surface area (Å²) in [5.41, 5.74) is 6.03. The van der Waals surface area contributed by atoms with Gasteiger partial charge in [-0.2, -0.15) is 0 Å². The molecule has 0 aliphatic rings. The number of benzene rings is 1. The second-order valence-electron chi connectivity index (χ2n) is 4.67. The van der Waals surface area contributed by atoms with Crippen molar-refractivity contribution in [2.75, 3.05) is 18.5 Å². The number of anilines is 1. The molecule has 0 heterocycles. The molecule has 0 saturated carbocycles. The van der Waals surface area contributed by atoms with E-state index in [0.29, 0.717) is 12.5 Å². The third-order valence-corrected chi connectivity index (χ3v) is 2.53. The second kappa shape index (κ2) is 7.58. The number of para-hydroxylation sites is 2. The number of nitrogens with one attached hydrogen (secondary N) is 1. The van der Waals surface area contributed by atoms with Crippen molar-refractivity contribution in [3.63, 3.8) is 0 Å². The van der Waals surface area contributed by atoms with Gasteiger partial charge in [0.1, 0.15) is 5.75 Å². The number of ether oxygens (including phenoxy) is 1. The molecule has 0 aliphatic carbocycles. The average molecular weight is 250 g/mol. The standard InChI is InChI=1S/C14H22N2O2/c1-11(2)7-9-16-12-5-3-4-6-13(12)18-10-8-14(15)17/h3-6,11,16H,7-10H2,1-2H3,(H2,15,17). The number of primary amides is 1. The topological polar surface area (TPSA) is 64.3 Å². The van der Waals surface area contributed by atoms with Gasteiger partial charge in [0.2, 0.25) is 5.91 Å². The Balaban J connectivity index is 2.48. The first kappa shape index (κ1) is 14.4. The maximum Gasteiger partial charge on any atom is 0.220 e. The number of carbonyl (C=O) groups excluding carboxylic acids is 1. The van der Waals surface area contributed by atoms with Crippen LogP contribution in [0.25, 0.3) is 0 Å². The third kappa shape index (κ3) is 5.57. The van der Waals surface area contributed by atoms with Crippen molar-refractivity contribution in [1.29, 1.82) is 0 Å². The number of amides is 1. The van der Waals surface area contributed by atoms with Crippen molar-refractivity contribution in [2.24, 2.45) is 11.7 Å². The molecule has 0 fully saturated rings.